The number of imide groups is 2. The van der Waals surface area contributed by atoms with Crippen molar-refractivity contribution in [1.29, 1.82) is 0 Å². The molecule has 0 radical (unpaired) electrons. The minimum atomic E-state index is -0.834. The molecule has 5 rings (SSSR count). The Kier molecular flexibility index (Phi) is 10.2. The van der Waals surface area contributed by atoms with Crippen LogP contribution in [0.15, 0.2) is 96.6 Å². The number of hydrogen-bond acceptors (Lipinski definition) is 8. The van der Waals surface area contributed by atoms with Crippen LogP contribution in [-0.2, 0) is 22.8 Å². The highest BCUT2D eigenvalue weighted by Gasteiger charge is 2.36. The number of benzene rings is 4. The highest BCUT2D eigenvalue weighted by atomic mass is 16.5. The van der Waals surface area contributed by atoms with Crippen LogP contribution < -0.4 is 33.9 Å². The van der Waals surface area contributed by atoms with Gasteiger partial charge < -0.3 is 23.7 Å². The van der Waals surface area contributed by atoms with E-state index < -0.39 is 17.8 Å². The fourth-order valence-corrected chi connectivity index (χ4v) is 4.72. The summed E-state index contributed by atoms with van der Waals surface area (Å²) in [5, 5.41) is 2.23. The number of barbiturate groups is 1. The second kappa shape index (κ2) is 14.8. The first-order valence-corrected chi connectivity index (χ1v) is 14.8. The number of anilines is 1. The number of nitrogens with zero attached hydrogens (tertiary/aromatic N) is 1. The monoisotopic (exact) mass is 622 g/mol. The highest BCUT2D eigenvalue weighted by Crippen LogP contribution is 2.33. The summed E-state index contributed by atoms with van der Waals surface area (Å²) in [6, 6.07) is 26.1. The molecule has 0 aromatic heterocycles. The predicted octanol–water partition coefficient (Wildman–Crippen LogP) is 6.32. The number of methoxy groups -OCH3 is 1. The van der Waals surface area contributed by atoms with Gasteiger partial charge in [0.05, 0.1) is 26.0 Å². The summed E-state index contributed by atoms with van der Waals surface area (Å²) in [7, 11) is 1.51. The van der Waals surface area contributed by atoms with E-state index in [1.807, 2.05) is 62.4 Å². The molecule has 0 spiro atoms. The Hall–Kier alpha value is -5.77. The lowest BCUT2D eigenvalue weighted by Gasteiger charge is -2.26. The third-order valence-electron chi connectivity index (χ3n) is 6.95. The molecule has 4 aromatic carbocycles. The zero-order chi connectivity index (χ0) is 32.5. The molecule has 1 saturated heterocycles. The van der Waals surface area contributed by atoms with Crippen molar-refractivity contribution in [2.45, 2.75) is 27.1 Å². The van der Waals surface area contributed by atoms with Gasteiger partial charge in [0.25, 0.3) is 11.8 Å². The van der Waals surface area contributed by atoms with Crippen LogP contribution in [0.5, 0.6) is 28.7 Å². The van der Waals surface area contributed by atoms with Crippen LogP contribution in [0.2, 0.25) is 0 Å². The van der Waals surface area contributed by atoms with Crippen molar-refractivity contribution in [3.05, 3.63) is 113 Å². The molecule has 4 amide bonds. The smallest absolute Gasteiger partial charge is 0.335 e. The molecule has 236 valence electrons. The molecular formula is C36H34N2O8. The minimum Gasteiger partial charge on any atom is -0.497 e. The van der Waals surface area contributed by atoms with Gasteiger partial charge in [-0.1, -0.05) is 42.5 Å². The van der Waals surface area contributed by atoms with Crippen molar-refractivity contribution in [3.8, 4) is 28.7 Å². The molecule has 1 N–H and O–H groups in total. The molecule has 46 heavy (non-hydrogen) atoms. The first-order chi connectivity index (χ1) is 22.4. The van der Waals surface area contributed by atoms with E-state index in [4.69, 9.17) is 23.7 Å². The number of hydrogen-bond donors (Lipinski definition) is 1. The molecule has 0 unspecified atom stereocenters. The van der Waals surface area contributed by atoms with Gasteiger partial charge in [-0.25, -0.2) is 9.69 Å². The van der Waals surface area contributed by atoms with Gasteiger partial charge in [0.15, 0.2) is 23.0 Å². The summed E-state index contributed by atoms with van der Waals surface area (Å²) in [5.74, 6) is 1.17. The number of rotatable bonds is 13. The van der Waals surface area contributed by atoms with Gasteiger partial charge in [0, 0.05) is 0 Å². The number of carbonyl (C=O) groups is 3. The molecular weight excluding hydrogens is 588 g/mol. The Labute approximate surface area is 267 Å². The third kappa shape index (κ3) is 7.47. The average Bonchev–Trinajstić information content (AvgIpc) is 3.07. The summed E-state index contributed by atoms with van der Waals surface area (Å²) in [6.07, 6.45) is 1.41. The molecule has 1 aliphatic rings. The summed E-state index contributed by atoms with van der Waals surface area (Å²) in [5.41, 5.74) is 2.51. The minimum absolute atomic E-state index is 0.204. The van der Waals surface area contributed by atoms with Gasteiger partial charge in [0.1, 0.15) is 24.5 Å². The first-order valence-electron chi connectivity index (χ1n) is 14.8. The summed E-state index contributed by atoms with van der Waals surface area (Å²) in [6.45, 7) is 5.23. The Balaban J connectivity index is 1.32. The SMILES string of the molecule is CCOc1cc(/C=C2\C(=O)NC(=O)N(c3ccc(OC)cc3)C2=O)ccc1OCc1ccc(OCc2ccccc2)c(OCC)c1. The lowest BCUT2D eigenvalue weighted by atomic mass is 10.1. The molecule has 0 aliphatic carbocycles. The second-order valence-electron chi connectivity index (χ2n) is 10.1. The van der Waals surface area contributed by atoms with Gasteiger partial charge in [0.2, 0.25) is 0 Å². The highest BCUT2D eigenvalue weighted by molar-refractivity contribution is 6.39. The van der Waals surface area contributed by atoms with Gasteiger partial charge >= 0.3 is 6.03 Å². The van der Waals surface area contributed by atoms with Crippen LogP contribution >= 0.6 is 0 Å². The second-order valence-corrected chi connectivity index (χ2v) is 10.1. The third-order valence-corrected chi connectivity index (χ3v) is 6.95. The molecule has 0 bridgehead atoms. The number of ether oxygens (including phenoxy) is 5. The van der Waals surface area contributed by atoms with Gasteiger partial charge in [-0.2, -0.15) is 0 Å². The fraction of sp³-hybridized carbons (Fsp3) is 0.194. The normalized spacial score (nSPS) is 13.8. The Morgan fingerprint density at radius 3 is 1.96 bits per heavy atom. The predicted molar refractivity (Wildman–Crippen MR) is 172 cm³/mol. The quantitative estimate of drug-likeness (QED) is 0.136. The number of urea groups is 1. The van der Waals surface area contributed by atoms with Crippen molar-refractivity contribution < 1.29 is 38.1 Å². The van der Waals surface area contributed by atoms with Crippen molar-refractivity contribution in [2.75, 3.05) is 25.2 Å². The zero-order valence-electron chi connectivity index (χ0n) is 25.8. The molecule has 0 saturated carbocycles. The first kappa shape index (κ1) is 31.6. The average molecular weight is 623 g/mol. The summed E-state index contributed by atoms with van der Waals surface area (Å²) < 4.78 is 29.0. The maximum Gasteiger partial charge on any atom is 0.335 e. The van der Waals surface area contributed by atoms with Crippen molar-refractivity contribution in [2.24, 2.45) is 0 Å². The number of carbonyl (C=O) groups excluding carboxylic acids is 3. The standard InChI is InChI=1S/C36H34N2O8/c1-4-43-32-20-25(19-29-34(39)37-36(41)38(35(29)40)27-13-15-28(42-3)16-14-27)11-17-30(32)46-23-26-12-18-31(33(21-26)44-5-2)45-22-24-9-7-6-8-10-24/h6-21H,4-5,22-23H2,1-3H3,(H,37,39,41)/b29-19+. The maximum absolute atomic E-state index is 13.3. The van der Waals surface area contributed by atoms with Crippen LogP contribution in [0.25, 0.3) is 6.08 Å². The Morgan fingerprint density at radius 1 is 0.674 bits per heavy atom. The van der Waals surface area contributed by atoms with Gasteiger partial charge in [-0.05, 0) is 85.1 Å². The number of amides is 4. The summed E-state index contributed by atoms with van der Waals surface area (Å²) >= 11 is 0. The molecule has 1 fully saturated rings. The lowest BCUT2D eigenvalue weighted by molar-refractivity contribution is -0.122. The van der Waals surface area contributed by atoms with E-state index in [2.05, 4.69) is 5.32 Å². The van der Waals surface area contributed by atoms with Crippen LogP contribution in [0, 0.1) is 0 Å². The fourth-order valence-electron chi connectivity index (χ4n) is 4.72. The molecule has 4 aromatic rings. The van der Waals surface area contributed by atoms with Crippen molar-refractivity contribution in [1.82, 2.24) is 5.32 Å². The summed E-state index contributed by atoms with van der Waals surface area (Å²) in [4.78, 5) is 39.5. The topological polar surface area (TPSA) is 113 Å². The van der Waals surface area contributed by atoms with E-state index >= 15 is 0 Å². The molecule has 10 nitrogen and oxygen atoms in total. The van der Waals surface area contributed by atoms with Crippen molar-refractivity contribution >= 4 is 29.6 Å². The largest absolute Gasteiger partial charge is 0.497 e. The maximum atomic E-state index is 13.3. The van der Waals surface area contributed by atoms with Crippen LogP contribution in [0.3, 0.4) is 0 Å². The molecule has 1 aliphatic heterocycles. The van der Waals surface area contributed by atoms with Crippen LogP contribution in [0.1, 0.15) is 30.5 Å². The van der Waals surface area contributed by atoms with E-state index in [-0.39, 0.29) is 12.2 Å². The van der Waals surface area contributed by atoms with Gasteiger partial charge in [-0.3, -0.25) is 14.9 Å². The lowest BCUT2D eigenvalue weighted by Crippen LogP contribution is -2.54. The number of nitrogens with one attached hydrogen (secondary N) is 1. The molecule has 1 heterocycles. The van der Waals surface area contributed by atoms with E-state index in [1.165, 1.54) is 13.2 Å². The van der Waals surface area contributed by atoms with E-state index in [0.29, 0.717) is 59.8 Å². The molecule has 0 atom stereocenters. The zero-order valence-corrected chi connectivity index (χ0v) is 25.8. The van der Waals surface area contributed by atoms with Crippen LogP contribution in [-0.4, -0.2) is 38.2 Å². The Morgan fingerprint density at radius 2 is 1.30 bits per heavy atom. The van der Waals surface area contributed by atoms with Gasteiger partial charge in [-0.15, -0.1) is 0 Å². The van der Waals surface area contributed by atoms with E-state index in [0.717, 1.165) is 16.0 Å². The van der Waals surface area contributed by atoms with E-state index in [9.17, 15) is 14.4 Å². The van der Waals surface area contributed by atoms with Crippen molar-refractivity contribution in [3.63, 3.8) is 0 Å². The van der Waals surface area contributed by atoms with E-state index in [1.54, 1.807) is 42.5 Å². The van der Waals surface area contributed by atoms with Crippen LogP contribution in [0.4, 0.5) is 10.5 Å². The molecule has 10 heteroatoms. The Bertz CT molecular complexity index is 1740.